The van der Waals surface area contributed by atoms with Crippen molar-refractivity contribution < 1.29 is 52.3 Å². The lowest BCUT2D eigenvalue weighted by Gasteiger charge is -2.17. The summed E-state index contributed by atoms with van der Waals surface area (Å²) in [7, 11) is 1.40. The van der Waals surface area contributed by atoms with Gasteiger partial charge in [0.15, 0.2) is 23.1 Å². The number of nitrogens with zero attached hydrogens (tertiary/aromatic N) is 1. The molecule has 6 N–H and O–H groups in total. The number of benzene rings is 3. The number of hydrogen-bond acceptors (Lipinski definition) is 11. The second-order valence-corrected chi connectivity index (χ2v) is 11.4. The molecule has 3 aromatic carbocycles. The first-order valence-electron chi connectivity index (χ1n) is 15.2. The maximum absolute atomic E-state index is 15.2. The highest BCUT2D eigenvalue weighted by atomic mass is 19.1. The number of nitrogens with two attached hydrogens (primary N) is 1. The number of halogens is 2. The van der Waals surface area contributed by atoms with Crippen LogP contribution in [-0.2, 0) is 19.1 Å². The van der Waals surface area contributed by atoms with Gasteiger partial charge in [-0.05, 0) is 61.4 Å². The average Bonchev–Trinajstić information content (AvgIpc) is 3.92. The molecule has 1 atom stereocenters. The zero-order valence-electron chi connectivity index (χ0n) is 26.3. The lowest BCUT2D eigenvalue weighted by Crippen LogP contribution is -2.39. The van der Waals surface area contributed by atoms with E-state index in [1.807, 2.05) is 0 Å². The molecule has 0 saturated heterocycles. The van der Waals surface area contributed by atoms with Gasteiger partial charge in [0.05, 0.1) is 32.4 Å². The fourth-order valence-electron chi connectivity index (χ4n) is 4.70. The van der Waals surface area contributed by atoms with E-state index in [1.54, 1.807) is 6.07 Å². The number of nitrogens with one attached hydrogen (secondary N) is 2. The zero-order valence-corrected chi connectivity index (χ0v) is 26.3. The summed E-state index contributed by atoms with van der Waals surface area (Å²) in [5.74, 6) is -3.29. The van der Waals surface area contributed by atoms with Gasteiger partial charge in [-0.25, -0.2) is 8.78 Å². The molecule has 1 unspecified atom stereocenters. The van der Waals surface area contributed by atoms with E-state index in [-0.39, 0.29) is 55.1 Å². The molecular formula is C34H34F2N4O9. The first-order valence-corrected chi connectivity index (χ1v) is 15.2. The molecule has 13 nitrogen and oxygen atoms in total. The molecule has 0 radical (unpaired) electrons. The zero-order chi connectivity index (χ0) is 35.1. The Morgan fingerprint density at radius 3 is 2.18 bits per heavy atom. The summed E-state index contributed by atoms with van der Waals surface area (Å²) in [5.41, 5.74) is 5.40. The van der Waals surface area contributed by atoms with Crippen LogP contribution in [0.4, 0.5) is 20.2 Å². The number of amides is 2. The molecule has 15 heteroatoms. The Hall–Kier alpha value is -5.38. The van der Waals surface area contributed by atoms with Crippen molar-refractivity contribution in [3.05, 3.63) is 78.5 Å². The van der Waals surface area contributed by atoms with Gasteiger partial charge in [-0.3, -0.25) is 19.4 Å². The molecule has 1 heterocycles. The van der Waals surface area contributed by atoms with Gasteiger partial charge < -0.3 is 45.5 Å². The second-order valence-electron chi connectivity index (χ2n) is 11.4. The first kappa shape index (κ1) is 34.9. The number of rotatable bonds is 15. The molecule has 4 aromatic rings. The largest absolute Gasteiger partial charge is 0.493 e. The number of carbonyl (C=O) groups is 3. The molecular weight excluding hydrogens is 646 g/mol. The molecule has 258 valence electrons. The van der Waals surface area contributed by atoms with Crippen LogP contribution in [0.25, 0.3) is 10.9 Å². The summed E-state index contributed by atoms with van der Waals surface area (Å²) in [6.45, 7) is -1.21. The van der Waals surface area contributed by atoms with Gasteiger partial charge in [-0.2, -0.15) is 0 Å². The van der Waals surface area contributed by atoms with Crippen LogP contribution in [0, 0.1) is 23.0 Å². The predicted molar refractivity (Wildman–Crippen MR) is 172 cm³/mol. The summed E-state index contributed by atoms with van der Waals surface area (Å²) in [4.78, 5) is 42.4. The van der Waals surface area contributed by atoms with Crippen molar-refractivity contribution in [2.45, 2.75) is 18.9 Å². The SMILES string of the molecule is COc1cc2c(Oc3ccc(NC(=O)C4(C(=O)Nc5ccc(F)cc5)CC4)cc3F)ccnc2cc1OCC(N)C(=O)OCC(CO)CO. The Bertz CT molecular complexity index is 1830. The Balaban J connectivity index is 1.24. The van der Waals surface area contributed by atoms with Crippen LogP contribution < -0.4 is 30.6 Å². The van der Waals surface area contributed by atoms with Crippen molar-refractivity contribution in [3.8, 4) is 23.0 Å². The number of ether oxygens (including phenoxy) is 4. The maximum Gasteiger partial charge on any atom is 0.326 e. The number of aliphatic hydroxyl groups is 2. The Morgan fingerprint density at radius 2 is 1.55 bits per heavy atom. The number of anilines is 2. The minimum Gasteiger partial charge on any atom is -0.493 e. The molecule has 2 amide bonds. The number of esters is 1. The highest BCUT2D eigenvalue weighted by molar-refractivity contribution is 6.16. The van der Waals surface area contributed by atoms with Gasteiger partial charge in [-0.15, -0.1) is 0 Å². The van der Waals surface area contributed by atoms with Crippen molar-refractivity contribution in [1.82, 2.24) is 4.98 Å². The number of aliphatic hydroxyl groups excluding tert-OH is 2. The van der Waals surface area contributed by atoms with Crippen LogP contribution in [0.2, 0.25) is 0 Å². The van der Waals surface area contributed by atoms with Gasteiger partial charge in [0.25, 0.3) is 0 Å². The van der Waals surface area contributed by atoms with Crippen molar-refractivity contribution in [2.24, 2.45) is 17.1 Å². The van der Waals surface area contributed by atoms with E-state index in [4.69, 9.17) is 34.9 Å². The summed E-state index contributed by atoms with van der Waals surface area (Å²) in [6.07, 6.45) is 2.04. The predicted octanol–water partition coefficient (Wildman–Crippen LogP) is 3.52. The maximum atomic E-state index is 15.2. The van der Waals surface area contributed by atoms with E-state index in [0.29, 0.717) is 29.4 Å². The number of methoxy groups -OCH3 is 1. The summed E-state index contributed by atoms with van der Waals surface area (Å²) in [6, 6.07) is 12.4. The van der Waals surface area contributed by atoms with Crippen molar-refractivity contribution in [2.75, 3.05) is 44.2 Å². The summed E-state index contributed by atoms with van der Waals surface area (Å²) < 4.78 is 50.5. The van der Waals surface area contributed by atoms with E-state index in [0.717, 1.165) is 6.07 Å². The van der Waals surface area contributed by atoms with Crippen molar-refractivity contribution >= 4 is 40.1 Å². The lowest BCUT2D eigenvalue weighted by molar-refractivity contribution is -0.148. The van der Waals surface area contributed by atoms with E-state index >= 15 is 4.39 Å². The normalized spacial score (nSPS) is 13.8. The average molecular weight is 681 g/mol. The standard InChI is InChI=1S/C34H34F2N4O9/c1-46-29-13-23-26(14-30(29)47-18-25(37)31(43)48-17-19(15-41)16-42)38-11-8-27(23)49-28-7-6-22(12-24(28)36)40-33(45)34(9-10-34)32(44)39-21-4-2-20(35)3-5-21/h2-8,11-14,19,25,41-42H,9-10,15-18,37H2,1H3,(H,39,44)(H,40,45). The van der Waals surface area contributed by atoms with Crippen LogP contribution in [0.3, 0.4) is 0 Å². The van der Waals surface area contributed by atoms with Crippen LogP contribution in [-0.4, -0.2) is 72.6 Å². The van der Waals surface area contributed by atoms with Crippen molar-refractivity contribution in [1.29, 1.82) is 0 Å². The van der Waals surface area contributed by atoms with Gasteiger partial charge in [0.1, 0.15) is 29.6 Å². The van der Waals surface area contributed by atoms with Crippen LogP contribution >= 0.6 is 0 Å². The molecule has 49 heavy (non-hydrogen) atoms. The summed E-state index contributed by atoms with van der Waals surface area (Å²) in [5, 5.41) is 23.9. The Labute approximate surface area is 278 Å². The van der Waals surface area contributed by atoms with E-state index in [1.165, 1.54) is 61.8 Å². The Kier molecular flexibility index (Phi) is 10.9. The van der Waals surface area contributed by atoms with Crippen LogP contribution in [0.15, 0.2) is 66.9 Å². The highest BCUT2D eigenvalue weighted by Gasteiger charge is 2.56. The first-order chi connectivity index (χ1) is 23.6. The fourth-order valence-corrected chi connectivity index (χ4v) is 4.70. The van der Waals surface area contributed by atoms with Crippen LogP contribution in [0.5, 0.6) is 23.0 Å². The smallest absolute Gasteiger partial charge is 0.326 e. The minimum atomic E-state index is -1.32. The highest BCUT2D eigenvalue weighted by Crippen LogP contribution is 2.47. The fraction of sp³-hybridized carbons (Fsp3) is 0.294. The number of fused-ring (bicyclic) bond motifs is 1. The van der Waals surface area contributed by atoms with Gasteiger partial charge >= 0.3 is 5.97 Å². The van der Waals surface area contributed by atoms with E-state index in [2.05, 4.69) is 15.6 Å². The molecule has 0 spiro atoms. The molecule has 1 saturated carbocycles. The molecule has 1 aromatic heterocycles. The topological polar surface area (TPSA) is 192 Å². The molecule has 1 aliphatic carbocycles. The van der Waals surface area contributed by atoms with E-state index in [9.17, 15) is 18.8 Å². The van der Waals surface area contributed by atoms with Gasteiger partial charge in [0.2, 0.25) is 11.8 Å². The number of pyridine rings is 1. The van der Waals surface area contributed by atoms with Gasteiger partial charge in [-0.1, -0.05) is 0 Å². The van der Waals surface area contributed by atoms with Crippen molar-refractivity contribution in [3.63, 3.8) is 0 Å². The third-order valence-electron chi connectivity index (χ3n) is 7.82. The monoisotopic (exact) mass is 680 g/mol. The molecule has 0 aliphatic heterocycles. The molecule has 5 rings (SSSR count). The number of hydrogen-bond donors (Lipinski definition) is 5. The second kappa shape index (κ2) is 15.2. The molecule has 0 bridgehead atoms. The Morgan fingerprint density at radius 1 is 0.878 bits per heavy atom. The van der Waals surface area contributed by atoms with E-state index < -0.39 is 46.8 Å². The minimum absolute atomic E-state index is 0.113. The number of carbonyl (C=O) groups excluding carboxylic acids is 3. The van der Waals surface area contributed by atoms with Crippen LogP contribution in [0.1, 0.15) is 12.8 Å². The van der Waals surface area contributed by atoms with Gasteiger partial charge in [0, 0.05) is 41.0 Å². The number of aromatic nitrogens is 1. The molecule has 1 fully saturated rings. The quantitative estimate of drug-likeness (QED) is 0.0912. The summed E-state index contributed by atoms with van der Waals surface area (Å²) >= 11 is 0. The third-order valence-corrected chi connectivity index (χ3v) is 7.82. The lowest BCUT2D eigenvalue weighted by atomic mass is 10.0. The molecule has 1 aliphatic rings. The third kappa shape index (κ3) is 8.20.